The third-order valence-electron chi connectivity index (χ3n) is 5.87. The largest absolute Gasteiger partial charge is 0.303 e. The van der Waals surface area contributed by atoms with Gasteiger partial charge in [0.2, 0.25) is 4.96 Å². The van der Waals surface area contributed by atoms with Crippen molar-refractivity contribution in [3.05, 3.63) is 109 Å². The lowest BCUT2D eigenvalue weighted by Crippen LogP contribution is -2.32. The number of carbonyl (C=O) groups excluding carboxylic acids is 1. The van der Waals surface area contributed by atoms with Crippen LogP contribution in [0.2, 0.25) is 5.02 Å². The molecule has 1 aliphatic rings. The number of nitrogens with zero attached hydrogens (tertiary/aromatic N) is 4. The van der Waals surface area contributed by atoms with Crippen LogP contribution in [0.3, 0.4) is 0 Å². The van der Waals surface area contributed by atoms with Gasteiger partial charge in [-0.25, -0.2) is 0 Å². The molecule has 166 valence electrons. The van der Waals surface area contributed by atoms with Crippen LogP contribution in [0.15, 0.2) is 77.6 Å². The molecule has 0 fully saturated rings. The van der Waals surface area contributed by atoms with Crippen LogP contribution in [0.4, 0.5) is 5.69 Å². The Balaban J connectivity index is 1.48. The number of aromatic nitrogens is 3. The van der Waals surface area contributed by atoms with Crippen LogP contribution in [-0.2, 0) is 11.3 Å². The number of benzene rings is 3. The zero-order valence-electron chi connectivity index (χ0n) is 18.0. The highest BCUT2D eigenvalue weighted by atomic mass is 35.5. The number of carbonyl (C=O) groups is 1. The molecule has 2 aromatic heterocycles. The first-order chi connectivity index (χ1) is 16.5. The molecule has 0 unspecified atom stereocenters. The molecule has 0 bridgehead atoms. The standard InChI is InChI=1S/C26H17ClN4O2S/c1-15-6-10-17(11-7-15)23-28-26-31(29-23)25(33)22(34-26)21-19-4-2-3-5-20(19)30(24(21)32)14-16-8-12-18(27)13-9-16/h2-13H,14H2,1H3/b22-21-. The van der Waals surface area contributed by atoms with Crippen molar-refractivity contribution in [3.63, 3.8) is 0 Å². The van der Waals surface area contributed by atoms with E-state index in [1.165, 1.54) is 15.9 Å². The zero-order valence-corrected chi connectivity index (χ0v) is 19.6. The van der Waals surface area contributed by atoms with Crippen molar-refractivity contribution >= 4 is 45.1 Å². The van der Waals surface area contributed by atoms with E-state index in [1.54, 1.807) is 17.0 Å². The second-order valence-electron chi connectivity index (χ2n) is 8.14. The minimum absolute atomic E-state index is 0.212. The SMILES string of the molecule is Cc1ccc(-c2nc3s/c(=C4\C(=O)N(Cc5ccc(Cl)cc5)c5ccccc54)c(=O)n3n2)cc1. The first-order valence-electron chi connectivity index (χ1n) is 10.7. The molecular weight excluding hydrogens is 468 g/mol. The summed E-state index contributed by atoms with van der Waals surface area (Å²) >= 11 is 7.20. The molecule has 0 spiro atoms. The van der Waals surface area contributed by atoms with Crippen LogP contribution in [-0.4, -0.2) is 20.5 Å². The minimum atomic E-state index is -0.336. The summed E-state index contributed by atoms with van der Waals surface area (Å²) in [5.41, 5.74) is 4.49. The van der Waals surface area contributed by atoms with Crippen molar-refractivity contribution in [2.24, 2.45) is 0 Å². The van der Waals surface area contributed by atoms with E-state index in [0.29, 0.717) is 32.5 Å². The summed E-state index contributed by atoms with van der Waals surface area (Å²) in [5, 5.41) is 5.07. The summed E-state index contributed by atoms with van der Waals surface area (Å²) in [6.07, 6.45) is 0. The fraction of sp³-hybridized carbons (Fsp3) is 0.0769. The lowest BCUT2D eigenvalue weighted by Gasteiger charge is -2.17. The maximum absolute atomic E-state index is 13.6. The molecule has 1 amide bonds. The molecule has 0 saturated heterocycles. The normalized spacial score (nSPS) is 14.8. The summed E-state index contributed by atoms with van der Waals surface area (Å²) in [5.74, 6) is 0.277. The Bertz CT molecular complexity index is 1690. The molecule has 0 N–H and O–H groups in total. The average Bonchev–Trinajstić information content (AvgIpc) is 3.47. The van der Waals surface area contributed by atoms with Gasteiger partial charge < -0.3 is 4.90 Å². The number of fused-ring (bicyclic) bond motifs is 2. The predicted molar refractivity (Wildman–Crippen MR) is 134 cm³/mol. The van der Waals surface area contributed by atoms with Crippen molar-refractivity contribution < 1.29 is 4.79 Å². The maximum Gasteiger partial charge on any atom is 0.291 e. The number of hydrogen-bond donors (Lipinski definition) is 0. The van der Waals surface area contributed by atoms with E-state index >= 15 is 0 Å². The molecule has 34 heavy (non-hydrogen) atoms. The molecule has 0 atom stereocenters. The van der Waals surface area contributed by atoms with Gasteiger partial charge in [-0.15, -0.1) is 5.10 Å². The van der Waals surface area contributed by atoms with Crippen LogP contribution < -0.4 is 15.0 Å². The van der Waals surface area contributed by atoms with Crippen molar-refractivity contribution in [3.8, 4) is 11.4 Å². The fourth-order valence-electron chi connectivity index (χ4n) is 4.14. The van der Waals surface area contributed by atoms with Crippen molar-refractivity contribution in [1.29, 1.82) is 0 Å². The van der Waals surface area contributed by atoms with E-state index in [4.69, 9.17) is 11.6 Å². The number of amides is 1. The van der Waals surface area contributed by atoms with E-state index in [-0.39, 0.29) is 11.5 Å². The molecular formula is C26H17ClN4O2S. The van der Waals surface area contributed by atoms with Crippen LogP contribution in [0.5, 0.6) is 0 Å². The quantitative estimate of drug-likeness (QED) is 0.384. The number of anilines is 1. The van der Waals surface area contributed by atoms with E-state index in [1.807, 2.05) is 67.6 Å². The van der Waals surface area contributed by atoms with Crippen molar-refractivity contribution in [2.45, 2.75) is 13.5 Å². The first-order valence-corrected chi connectivity index (χ1v) is 11.9. The number of halogens is 1. The number of rotatable bonds is 3. The molecule has 0 saturated carbocycles. The van der Waals surface area contributed by atoms with Crippen LogP contribution in [0.25, 0.3) is 21.9 Å². The monoisotopic (exact) mass is 484 g/mol. The molecule has 0 radical (unpaired) electrons. The van der Waals surface area contributed by atoms with Gasteiger partial charge in [0.05, 0.1) is 17.8 Å². The van der Waals surface area contributed by atoms with E-state index in [9.17, 15) is 9.59 Å². The van der Waals surface area contributed by atoms with E-state index in [2.05, 4.69) is 10.1 Å². The van der Waals surface area contributed by atoms with Gasteiger partial charge in [0.15, 0.2) is 5.82 Å². The highest BCUT2D eigenvalue weighted by molar-refractivity contribution is 7.15. The molecule has 8 heteroatoms. The summed E-state index contributed by atoms with van der Waals surface area (Å²) in [6, 6.07) is 22.7. The maximum atomic E-state index is 13.6. The third kappa shape index (κ3) is 3.32. The number of aryl methyl sites for hydroxylation is 1. The Labute approximate surface area is 203 Å². The van der Waals surface area contributed by atoms with Crippen LogP contribution in [0.1, 0.15) is 16.7 Å². The van der Waals surface area contributed by atoms with Gasteiger partial charge in [0.1, 0.15) is 4.53 Å². The van der Waals surface area contributed by atoms with Gasteiger partial charge in [-0.3, -0.25) is 9.59 Å². The summed E-state index contributed by atoms with van der Waals surface area (Å²) < 4.78 is 1.64. The fourth-order valence-corrected chi connectivity index (χ4v) is 5.26. The summed E-state index contributed by atoms with van der Waals surface area (Å²) in [6.45, 7) is 2.39. The van der Waals surface area contributed by atoms with Gasteiger partial charge in [-0.2, -0.15) is 9.50 Å². The van der Waals surface area contributed by atoms with Crippen LogP contribution >= 0.6 is 22.9 Å². The van der Waals surface area contributed by atoms with Gasteiger partial charge >= 0.3 is 0 Å². The Morgan fingerprint density at radius 1 is 0.941 bits per heavy atom. The topological polar surface area (TPSA) is 67.6 Å². The van der Waals surface area contributed by atoms with Gasteiger partial charge in [0.25, 0.3) is 11.5 Å². The molecule has 5 aromatic rings. The van der Waals surface area contributed by atoms with E-state index in [0.717, 1.165) is 27.9 Å². The smallest absolute Gasteiger partial charge is 0.291 e. The molecule has 3 aromatic carbocycles. The van der Waals surface area contributed by atoms with Gasteiger partial charge in [0, 0.05) is 16.1 Å². The first kappa shape index (κ1) is 20.8. The number of hydrogen-bond acceptors (Lipinski definition) is 5. The van der Waals surface area contributed by atoms with Gasteiger partial charge in [-0.05, 0) is 30.7 Å². The Morgan fingerprint density at radius 2 is 1.68 bits per heavy atom. The van der Waals surface area contributed by atoms with Crippen molar-refractivity contribution in [2.75, 3.05) is 4.90 Å². The Hall–Kier alpha value is -3.81. The summed E-state index contributed by atoms with van der Waals surface area (Å²) in [4.78, 5) is 33.6. The minimum Gasteiger partial charge on any atom is -0.303 e. The number of thiazole rings is 1. The third-order valence-corrected chi connectivity index (χ3v) is 7.15. The average molecular weight is 485 g/mol. The van der Waals surface area contributed by atoms with E-state index < -0.39 is 0 Å². The lowest BCUT2D eigenvalue weighted by atomic mass is 10.1. The molecule has 0 aliphatic carbocycles. The molecule has 6 rings (SSSR count). The second kappa shape index (κ2) is 7.90. The second-order valence-corrected chi connectivity index (χ2v) is 9.56. The lowest BCUT2D eigenvalue weighted by molar-refractivity contribution is -0.113. The Morgan fingerprint density at radius 3 is 2.41 bits per heavy atom. The number of para-hydroxylation sites is 1. The highest BCUT2D eigenvalue weighted by Gasteiger charge is 2.34. The molecule has 3 heterocycles. The molecule has 1 aliphatic heterocycles. The Kier molecular flexibility index (Phi) is 4.83. The highest BCUT2D eigenvalue weighted by Crippen LogP contribution is 2.36. The van der Waals surface area contributed by atoms with Crippen LogP contribution in [0, 0.1) is 6.92 Å². The predicted octanol–water partition coefficient (Wildman–Crippen LogP) is 4.24. The zero-order chi connectivity index (χ0) is 23.4. The van der Waals surface area contributed by atoms with Gasteiger partial charge in [-0.1, -0.05) is 83.1 Å². The van der Waals surface area contributed by atoms with Crippen molar-refractivity contribution in [1.82, 2.24) is 14.6 Å². The molecule has 6 nitrogen and oxygen atoms in total. The summed E-state index contributed by atoms with van der Waals surface area (Å²) in [7, 11) is 0.